The van der Waals surface area contributed by atoms with Crippen molar-refractivity contribution < 1.29 is 4.42 Å². The fraction of sp³-hybridized carbons (Fsp3) is 0.127. The molecule has 1 aliphatic rings. The van der Waals surface area contributed by atoms with E-state index >= 15 is 0 Å². The topological polar surface area (TPSA) is 42.8 Å². The van der Waals surface area contributed by atoms with Gasteiger partial charge in [0.2, 0.25) is 0 Å². The molecule has 9 aromatic rings. The Balaban J connectivity index is 0.000000583. The van der Waals surface area contributed by atoms with Gasteiger partial charge < -0.3 is 8.98 Å². The summed E-state index contributed by atoms with van der Waals surface area (Å²) in [5, 5.41) is 4.79. The number of furan rings is 1. The second-order valence-corrected chi connectivity index (χ2v) is 15.6. The number of aromatic nitrogens is 1. The molecule has 0 radical (unpaired) electrons. The van der Waals surface area contributed by atoms with Gasteiger partial charge in [0.25, 0.3) is 0 Å². The predicted octanol–water partition coefficient (Wildman–Crippen LogP) is 14.5. The van der Waals surface area contributed by atoms with Crippen molar-refractivity contribution in [2.24, 2.45) is 15.9 Å². The first-order valence-electron chi connectivity index (χ1n) is 20.4. The summed E-state index contributed by atoms with van der Waals surface area (Å²) in [6, 6.07) is 55.7. The van der Waals surface area contributed by atoms with Gasteiger partial charge in [-0.1, -0.05) is 140 Å². The van der Waals surface area contributed by atoms with Gasteiger partial charge in [0.1, 0.15) is 11.2 Å². The van der Waals surface area contributed by atoms with Gasteiger partial charge >= 0.3 is 0 Å². The molecule has 0 saturated carbocycles. The van der Waals surface area contributed by atoms with Crippen LogP contribution >= 0.6 is 0 Å². The van der Waals surface area contributed by atoms with Crippen molar-refractivity contribution in [2.75, 3.05) is 0 Å². The highest BCUT2D eigenvalue weighted by Crippen LogP contribution is 2.43. The molecule has 4 heteroatoms. The molecule has 4 nitrogen and oxygen atoms in total. The number of aliphatic imine (C=N–C) groups is 2. The van der Waals surface area contributed by atoms with Crippen molar-refractivity contribution in [3.63, 3.8) is 0 Å². The minimum atomic E-state index is 0.304. The lowest BCUT2D eigenvalue weighted by Gasteiger charge is -2.20. The van der Waals surface area contributed by atoms with Crippen LogP contribution in [0.4, 0.5) is 0 Å². The average Bonchev–Trinajstić information content (AvgIpc) is 3.80. The molecule has 1 unspecified atom stereocenters. The van der Waals surface area contributed by atoms with E-state index in [0.717, 1.165) is 62.2 Å². The Morgan fingerprint density at radius 3 is 2.10 bits per heavy atom. The van der Waals surface area contributed by atoms with Crippen molar-refractivity contribution >= 4 is 56.2 Å². The molecule has 0 saturated heterocycles. The molecule has 7 aromatic carbocycles. The highest BCUT2D eigenvalue weighted by molar-refractivity contribution is 6.18. The Kier molecular flexibility index (Phi) is 10.2. The van der Waals surface area contributed by atoms with Crippen LogP contribution in [0.5, 0.6) is 0 Å². The van der Waals surface area contributed by atoms with E-state index in [-0.39, 0.29) is 0 Å². The summed E-state index contributed by atoms with van der Waals surface area (Å²) in [5.41, 5.74) is 16.9. The average molecular weight is 766 g/mol. The minimum Gasteiger partial charge on any atom is -0.456 e. The van der Waals surface area contributed by atoms with E-state index in [0.29, 0.717) is 12.5 Å². The first-order chi connectivity index (χ1) is 28.9. The fourth-order valence-electron chi connectivity index (χ4n) is 8.61. The Morgan fingerprint density at radius 1 is 0.678 bits per heavy atom. The zero-order chi connectivity index (χ0) is 40.5. The highest BCUT2D eigenvalue weighted by Gasteiger charge is 2.22. The monoisotopic (exact) mass is 765 g/mol. The van der Waals surface area contributed by atoms with Crippen LogP contribution in [-0.2, 0) is 6.54 Å². The molecule has 0 N–H and O–H groups in total. The van der Waals surface area contributed by atoms with Crippen molar-refractivity contribution in [3.8, 4) is 16.8 Å². The maximum absolute atomic E-state index is 6.26. The number of aryl methyl sites for hydroxylation is 3. The van der Waals surface area contributed by atoms with Gasteiger partial charge in [-0.05, 0) is 104 Å². The third-order valence-electron chi connectivity index (χ3n) is 11.6. The van der Waals surface area contributed by atoms with Crippen LogP contribution in [0.25, 0.3) is 60.6 Å². The molecule has 0 spiro atoms. The molecule has 0 bridgehead atoms. The predicted molar refractivity (Wildman–Crippen MR) is 250 cm³/mol. The largest absolute Gasteiger partial charge is 0.456 e. The van der Waals surface area contributed by atoms with E-state index in [1.165, 1.54) is 49.6 Å². The first-order valence-corrected chi connectivity index (χ1v) is 20.4. The number of allylic oxidation sites excluding steroid dienone is 4. The zero-order valence-electron chi connectivity index (χ0n) is 34.1. The number of nitrogens with zero attached hydrogens (tertiary/aromatic N) is 3. The second-order valence-electron chi connectivity index (χ2n) is 15.6. The summed E-state index contributed by atoms with van der Waals surface area (Å²) >= 11 is 0. The van der Waals surface area contributed by atoms with Gasteiger partial charge in [-0.2, -0.15) is 0 Å². The summed E-state index contributed by atoms with van der Waals surface area (Å²) in [6.45, 7) is 13.2. The Bertz CT molecular complexity index is 3090. The first kappa shape index (κ1) is 37.5. The molecule has 0 fully saturated rings. The summed E-state index contributed by atoms with van der Waals surface area (Å²) in [5.74, 6) is 0.304. The zero-order valence-corrected chi connectivity index (χ0v) is 34.1. The van der Waals surface area contributed by atoms with Crippen LogP contribution in [0.15, 0.2) is 196 Å². The smallest absolute Gasteiger partial charge is 0.135 e. The van der Waals surface area contributed by atoms with E-state index in [4.69, 9.17) is 9.41 Å². The summed E-state index contributed by atoms with van der Waals surface area (Å²) < 4.78 is 8.66. The van der Waals surface area contributed by atoms with E-state index in [2.05, 4.69) is 177 Å². The van der Waals surface area contributed by atoms with Crippen LogP contribution in [0.1, 0.15) is 41.2 Å². The molecule has 1 atom stereocenters. The molecule has 10 rings (SSSR count). The molecule has 0 aliphatic heterocycles. The van der Waals surface area contributed by atoms with Gasteiger partial charge in [-0.25, -0.2) is 0 Å². The quantitative estimate of drug-likeness (QED) is 0.149. The van der Waals surface area contributed by atoms with Gasteiger partial charge in [0.15, 0.2) is 0 Å². The van der Waals surface area contributed by atoms with E-state index in [9.17, 15) is 0 Å². The van der Waals surface area contributed by atoms with Crippen LogP contribution in [0.3, 0.4) is 0 Å². The number of para-hydroxylation sites is 2. The second kappa shape index (κ2) is 16.1. The summed E-state index contributed by atoms with van der Waals surface area (Å²) in [6.07, 6.45) is 5.34. The fourth-order valence-corrected chi connectivity index (χ4v) is 8.61. The normalized spacial score (nSPS) is 14.3. The van der Waals surface area contributed by atoms with Crippen molar-refractivity contribution in [2.45, 2.75) is 40.7 Å². The number of benzene rings is 7. The lowest BCUT2D eigenvalue weighted by Crippen LogP contribution is -2.13. The summed E-state index contributed by atoms with van der Waals surface area (Å²) in [4.78, 5) is 9.67. The number of fused-ring (bicyclic) bond motifs is 6. The molecule has 288 valence electrons. The van der Waals surface area contributed by atoms with E-state index < -0.39 is 0 Å². The van der Waals surface area contributed by atoms with Gasteiger partial charge in [0.05, 0.1) is 29.0 Å². The lowest BCUT2D eigenvalue weighted by molar-refractivity contribution is 0.668. The minimum absolute atomic E-state index is 0.304. The molecule has 1 aliphatic carbocycles. The maximum Gasteiger partial charge on any atom is 0.135 e. The number of hydrogen-bond acceptors (Lipinski definition) is 3. The molecular weight excluding hydrogens is 719 g/mol. The van der Waals surface area contributed by atoms with Crippen LogP contribution in [0.2, 0.25) is 0 Å². The SMILES string of the molecule is C=NC1=C(C(=NCc2ccc(-n3c4ccccc4c4c(-c5cc6c(cc5C)oc5ccccc56)c(C)ccc43)cc2)c2ccccc2)C=CCC1C.Cc1ccccc1. The van der Waals surface area contributed by atoms with Crippen LogP contribution < -0.4 is 0 Å². The third-order valence-corrected chi connectivity index (χ3v) is 11.6. The third kappa shape index (κ3) is 7.12. The number of hydrogen-bond donors (Lipinski definition) is 0. The van der Waals surface area contributed by atoms with E-state index in [1.807, 2.05) is 36.4 Å². The van der Waals surface area contributed by atoms with Crippen molar-refractivity contribution in [1.82, 2.24) is 4.57 Å². The number of rotatable bonds is 7. The van der Waals surface area contributed by atoms with Crippen molar-refractivity contribution in [3.05, 3.63) is 209 Å². The standard InChI is InChI=1S/C48H39N3O.C7H8/c1-30-21-26-42-46(45(30)39-28-40-36-16-9-11-20-43(36)52-44(40)27-32(39)3)37-17-8-10-19-41(37)51(42)35-24-22-33(23-25-35)29-50-48(34-14-6-5-7-15-34)38-18-12-13-31(2)47(38)49-4;1-7-5-3-2-4-6-7/h5-12,14-28,31H,4,13,29H2,1-3H3;2-6H,1H3. The van der Waals surface area contributed by atoms with Gasteiger partial charge in [-0.15, -0.1) is 0 Å². The Labute approximate surface area is 346 Å². The Morgan fingerprint density at radius 2 is 1.37 bits per heavy atom. The Hall–Kier alpha value is -7.04. The summed E-state index contributed by atoms with van der Waals surface area (Å²) in [7, 11) is 0. The maximum atomic E-state index is 6.26. The molecule has 59 heavy (non-hydrogen) atoms. The highest BCUT2D eigenvalue weighted by atomic mass is 16.3. The van der Waals surface area contributed by atoms with Gasteiger partial charge in [0, 0.05) is 44.3 Å². The lowest BCUT2D eigenvalue weighted by atomic mass is 9.89. The molecular formula is C55H47N3O. The van der Waals surface area contributed by atoms with Crippen LogP contribution in [-0.4, -0.2) is 17.0 Å². The molecule has 2 aromatic heterocycles. The molecule has 0 amide bonds. The molecule has 2 heterocycles. The van der Waals surface area contributed by atoms with Gasteiger partial charge in [-0.3, -0.25) is 9.98 Å². The van der Waals surface area contributed by atoms with E-state index in [1.54, 1.807) is 0 Å². The van der Waals surface area contributed by atoms with Crippen LogP contribution in [0, 0.1) is 26.7 Å². The van der Waals surface area contributed by atoms with Crippen molar-refractivity contribution in [1.29, 1.82) is 0 Å².